The molecular formula is C12H13Cl. The Balaban J connectivity index is 3.09. The average Bonchev–Trinajstić information content (AvgIpc) is 2.09. The van der Waals surface area contributed by atoms with Crippen LogP contribution in [-0.2, 0) is 0 Å². The predicted molar refractivity (Wildman–Crippen MR) is 60.0 cm³/mol. The minimum absolute atomic E-state index is 0.783. The largest absolute Gasteiger partial charge is 0.0988 e. The van der Waals surface area contributed by atoms with Crippen molar-refractivity contribution in [1.29, 1.82) is 0 Å². The molecule has 68 valence electrons. The summed E-state index contributed by atoms with van der Waals surface area (Å²) in [6.45, 7) is 7.79. The van der Waals surface area contributed by atoms with E-state index in [0.717, 1.165) is 10.6 Å². The van der Waals surface area contributed by atoms with E-state index in [1.807, 2.05) is 38.1 Å². The number of benzene rings is 1. The van der Waals surface area contributed by atoms with Crippen LogP contribution < -0.4 is 0 Å². The van der Waals surface area contributed by atoms with Crippen LogP contribution >= 0.6 is 11.6 Å². The average molecular weight is 193 g/mol. The maximum Gasteiger partial charge on any atom is 0.0409 e. The second kappa shape index (κ2) is 4.29. The maximum absolute atomic E-state index is 5.85. The summed E-state index contributed by atoms with van der Waals surface area (Å²) in [4.78, 5) is 0. The molecule has 0 bridgehead atoms. The fourth-order valence-corrected chi connectivity index (χ4v) is 1.33. The first-order chi connectivity index (χ1) is 6.13. The van der Waals surface area contributed by atoms with E-state index in [2.05, 4.69) is 12.7 Å². The Morgan fingerprint density at radius 3 is 2.69 bits per heavy atom. The smallest absolute Gasteiger partial charge is 0.0409 e. The number of rotatable bonds is 2. The molecule has 0 N–H and O–H groups in total. The normalized spacial score (nSPS) is 11.5. The van der Waals surface area contributed by atoms with Gasteiger partial charge >= 0.3 is 0 Å². The van der Waals surface area contributed by atoms with Crippen molar-refractivity contribution in [3.63, 3.8) is 0 Å². The van der Waals surface area contributed by atoms with Crippen LogP contribution in [0.3, 0.4) is 0 Å². The highest BCUT2D eigenvalue weighted by Gasteiger charge is 1.95. The van der Waals surface area contributed by atoms with Gasteiger partial charge in [-0.2, -0.15) is 0 Å². The van der Waals surface area contributed by atoms with Crippen LogP contribution in [0.1, 0.15) is 18.1 Å². The fourth-order valence-electron chi connectivity index (χ4n) is 1.11. The third kappa shape index (κ3) is 2.74. The number of hydrogen-bond donors (Lipinski definition) is 0. The van der Waals surface area contributed by atoms with E-state index < -0.39 is 0 Å². The number of hydrogen-bond acceptors (Lipinski definition) is 0. The Hall–Kier alpha value is -1.01. The van der Waals surface area contributed by atoms with E-state index in [0.29, 0.717) is 0 Å². The second-order valence-electron chi connectivity index (χ2n) is 3.09. The van der Waals surface area contributed by atoms with Gasteiger partial charge in [0.1, 0.15) is 0 Å². The van der Waals surface area contributed by atoms with Gasteiger partial charge in [0.2, 0.25) is 0 Å². The molecule has 1 aromatic rings. The topological polar surface area (TPSA) is 0 Å². The lowest BCUT2D eigenvalue weighted by atomic mass is 10.1. The van der Waals surface area contributed by atoms with E-state index in [9.17, 15) is 0 Å². The van der Waals surface area contributed by atoms with Gasteiger partial charge in [-0.25, -0.2) is 0 Å². The Labute approximate surface area is 84.5 Å². The lowest BCUT2D eigenvalue weighted by molar-refractivity contribution is 1.43. The van der Waals surface area contributed by atoms with Crippen LogP contribution in [0.5, 0.6) is 0 Å². The van der Waals surface area contributed by atoms with Crippen LogP contribution in [0.2, 0.25) is 5.02 Å². The third-order valence-corrected chi connectivity index (χ3v) is 2.17. The first-order valence-corrected chi connectivity index (χ1v) is 4.58. The highest BCUT2D eigenvalue weighted by Crippen LogP contribution is 2.17. The summed E-state index contributed by atoms with van der Waals surface area (Å²) in [5.41, 5.74) is 3.54. The van der Waals surface area contributed by atoms with Gasteiger partial charge in [-0.3, -0.25) is 0 Å². The zero-order valence-electron chi connectivity index (χ0n) is 7.97. The molecule has 0 aliphatic heterocycles. The van der Waals surface area contributed by atoms with Gasteiger partial charge in [-0.1, -0.05) is 42.0 Å². The van der Waals surface area contributed by atoms with Gasteiger partial charge < -0.3 is 0 Å². The van der Waals surface area contributed by atoms with E-state index >= 15 is 0 Å². The summed E-state index contributed by atoms with van der Waals surface area (Å²) < 4.78 is 0. The summed E-state index contributed by atoms with van der Waals surface area (Å²) in [6.07, 6.45) is 3.94. The summed E-state index contributed by atoms with van der Waals surface area (Å²) in [5.74, 6) is 0. The monoisotopic (exact) mass is 192 g/mol. The Kier molecular flexibility index (Phi) is 3.32. The van der Waals surface area contributed by atoms with Gasteiger partial charge in [-0.15, -0.1) is 0 Å². The minimum Gasteiger partial charge on any atom is -0.0988 e. The summed E-state index contributed by atoms with van der Waals surface area (Å²) in [6, 6.07) is 5.88. The van der Waals surface area contributed by atoms with E-state index in [1.165, 1.54) is 11.1 Å². The Morgan fingerprint density at radius 2 is 2.15 bits per heavy atom. The van der Waals surface area contributed by atoms with Gasteiger partial charge in [0.15, 0.2) is 0 Å². The van der Waals surface area contributed by atoms with Crippen LogP contribution in [0.4, 0.5) is 0 Å². The quantitative estimate of drug-likeness (QED) is 0.615. The first-order valence-electron chi connectivity index (χ1n) is 4.20. The molecule has 1 rings (SSSR count). The number of aryl methyl sites for hydroxylation is 1. The molecule has 13 heavy (non-hydrogen) atoms. The molecule has 0 spiro atoms. The molecule has 0 saturated heterocycles. The molecule has 0 unspecified atom stereocenters. The molecule has 0 fully saturated rings. The molecule has 0 amide bonds. The standard InChI is InChI=1S/C12H13Cl/c1-4-9(2)7-11-5-6-12(13)8-10(11)3/h4-8H,1H2,2-3H3/b9-7-. The lowest BCUT2D eigenvalue weighted by Gasteiger charge is -2.01. The molecule has 0 aliphatic rings. The fraction of sp³-hybridized carbons (Fsp3) is 0.167. The molecule has 1 aromatic carbocycles. The van der Waals surface area contributed by atoms with Crippen LogP contribution in [-0.4, -0.2) is 0 Å². The van der Waals surface area contributed by atoms with E-state index in [1.54, 1.807) is 0 Å². The third-order valence-electron chi connectivity index (χ3n) is 1.94. The predicted octanol–water partition coefficient (Wildman–Crippen LogP) is 4.24. The zero-order chi connectivity index (χ0) is 9.84. The van der Waals surface area contributed by atoms with Gasteiger partial charge in [0, 0.05) is 5.02 Å². The van der Waals surface area contributed by atoms with Crippen molar-refractivity contribution in [2.75, 3.05) is 0 Å². The highest BCUT2D eigenvalue weighted by molar-refractivity contribution is 6.30. The maximum atomic E-state index is 5.85. The van der Waals surface area contributed by atoms with Crippen LogP contribution in [0, 0.1) is 6.92 Å². The highest BCUT2D eigenvalue weighted by atomic mass is 35.5. The minimum atomic E-state index is 0.783. The van der Waals surface area contributed by atoms with Crippen LogP contribution in [0.25, 0.3) is 6.08 Å². The zero-order valence-corrected chi connectivity index (χ0v) is 8.73. The molecule has 0 aromatic heterocycles. The first kappa shape index (κ1) is 10.1. The lowest BCUT2D eigenvalue weighted by Crippen LogP contribution is -1.80. The van der Waals surface area contributed by atoms with Crippen molar-refractivity contribution < 1.29 is 0 Å². The van der Waals surface area contributed by atoms with Gasteiger partial charge in [0.25, 0.3) is 0 Å². The van der Waals surface area contributed by atoms with Gasteiger partial charge in [-0.05, 0) is 37.1 Å². The summed E-state index contributed by atoms with van der Waals surface area (Å²) >= 11 is 5.85. The molecule has 0 saturated carbocycles. The number of halogens is 1. The molecule has 0 aliphatic carbocycles. The van der Waals surface area contributed by atoms with Gasteiger partial charge in [0.05, 0.1) is 0 Å². The number of allylic oxidation sites excluding steroid dienone is 2. The Morgan fingerprint density at radius 1 is 1.46 bits per heavy atom. The van der Waals surface area contributed by atoms with Crippen LogP contribution in [0.15, 0.2) is 36.4 Å². The molecule has 0 nitrogen and oxygen atoms in total. The van der Waals surface area contributed by atoms with Crippen molar-refractivity contribution in [3.05, 3.63) is 52.6 Å². The van der Waals surface area contributed by atoms with Crippen molar-refractivity contribution >= 4 is 17.7 Å². The van der Waals surface area contributed by atoms with Crippen molar-refractivity contribution in [1.82, 2.24) is 0 Å². The van der Waals surface area contributed by atoms with Crippen molar-refractivity contribution in [2.45, 2.75) is 13.8 Å². The summed E-state index contributed by atoms with van der Waals surface area (Å²) in [7, 11) is 0. The van der Waals surface area contributed by atoms with E-state index in [-0.39, 0.29) is 0 Å². The molecule has 0 atom stereocenters. The summed E-state index contributed by atoms with van der Waals surface area (Å²) in [5, 5.41) is 0.783. The molecule has 0 radical (unpaired) electrons. The SMILES string of the molecule is C=C/C(C)=C\c1ccc(Cl)cc1C. The molecular weight excluding hydrogens is 180 g/mol. The molecule has 1 heteroatoms. The molecule has 0 heterocycles. The van der Waals surface area contributed by atoms with Crippen molar-refractivity contribution in [2.24, 2.45) is 0 Å². The van der Waals surface area contributed by atoms with Crippen molar-refractivity contribution in [3.8, 4) is 0 Å². The second-order valence-corrected chi connectivity index (χ2v) is 3.53. The van der Waals surface area contributed by atoms with E-state index in [4.69, 9.17) is 11.6 Å². The Bertz CT molecular complexity index is 348.